The Hall–Kier alpha value is -0.720. The lowest BCUT2D eigenvalue weighted by molar-refractivity contribution is -0.123. The van der Waals surface area contributed by atoms with Gasteiger partial charge in [-0.2, -0.15) is 0 Å². The van der Waals surface area contributed by atoms with Crippen molar-refractivity contribution in [2.24, 2.45) is 0 Å². The van der Waals surface area contributed by atoms with Crippen LogP contribution in [0.1, 0.15) is 258 Å². The topological polar surface area (TPSA) is 116 Å². The third-order valence-electron chi connectivity index (χ3n) is 11.0. The Kier molecular flexibility index (Phi) is 41.3. The van der Waals surface area contributed by atoms with Gasteiger partial charge in [0.1, 0.15) is 0 Å². The van der Waals surface area contributed by atoms with Crippen LogP contribution in [-0.2, 0) is 13.9 Å². The predicted octanol–water partition coefficient (Wildman–Crippen LogP) is 14.4. The van der Waals surface area contributed by atoms with Gasteiger partial charge in [-0.1, -0.05) is 244 Å². The van der Waals surface area contributed by atoms with E-state index in [-0.39, 0.29) is 5.91 Å². The first kappa shape index (κ1) is 53.3. The molecule has 0 fully saturated rings. The lowest BCUT2D eigenvalue weighted by atomic mass is 10.0. The van der Waals surface area contributed by atoms with E-state index < -0.39 is 26.6 Å². The molecule has 0 aromatic heterocycles. The van der Waals surface area contributed by atoms with Gasteiger partial charge in [0, 0.05) is 6.42 Å². The number of amides is 1. The summed E-state index contributed by atoms with van der Waals surface area (Å²) in [5.41, 5.74) is 0. The number of carbonyl (C=O) groups is 1. The van der Waals surface area contributed by atoms with Gasteiger partial charge in [-0.15, -0.1) is 0 Å². The van der Waals surface area contributed by atoms with E-state index in [2.05, 4.69) is 23.7 Å². The van der Waals surface area contributed by atoms with Gasteiger partial charge in [-0.25, -0.2) is 4.57 Å². The average Bonchev–Trinajstić information content (AvgIpc) is 3.14. The van der Waals surface area contributed by atoms with E-state index in [1.165, 1.54) is 199 Å². The fraction of sp³-hybridized carbons (Fsp3) is 0.935. The van der Waals surface area contributed by atoms with Crippen LogP contribution in [-0.4, -0.2) is 39.6 Å². The first-order valence-electron chi connectivity index (χ1n) is 23.6. The summed E-state index contributed by atoms with van der Waals surface area (Å²) < 4.78 is 15.9. The maximum Gasteiger partial charge on any atom is 0.469 e. The minimum atomic E-state index is -4.71. The molecule has 0 radical (unpaired) electrons. The quantitative estimate of drug-likeness (QED) is 0.0278. The van der Waals surface area contributed by atoms with Crippen LogP contribution < -0.4 is 5.32 Å². The van der Waals surface area contributed by atoms with Crippen LogP contribution in [0.3, 0.4) is 0 Å². The molecule has 0 bridgehead atoms. The first-order chi connectivity index (χ1) is 26.3. The second kappa shape index (κ2) is 41.9. The second-order valence-electron chi connectivity index (χ2n) is 16.4. The fourth-order valence-corrected chi connectivity index (χ4v) is 7.76. The summed E-state index contributed by atoms with van der Waals surface area (Å²) in [5.74, 6) is -0.223. The van der Waals surface area contributed by atoms with E-state index in [1.807, 2.05) is 6.08 Å². The summed E-state index contributed by atoms with van der Waals surface area (Å²) in [6.07, 6.45) is 51.4. The van der Waals surface area contributed by atoms with Crippen LogP contribution in [0.15, 0.2) is 12.2 Å². The molecule has 0 aliphatic heterocycles. The van der Waals surface area contributed by atoms with E-state index in [0.717, 1.165) is 38.5 Å². The molecule has 0 aromatic rings. The molecule has 0 saturated heterocycles. The van der Waals surface area contributed by atoms with Crippen molar-refractivity contribution in [2.75, 3.05) is 6.61 Å². The standard InChI is InChI=1S/C46H92NO6P/c1-3-5-7-9-11-13-14-15-16-17-18-19-20-21-22-23-24-25-26-27-28-29-30-31-32-34-36-38-40-42-46(49)47-44(43-53-54(50,51)52)45(48)41-39-37-35-33-12-10-8-6-4-2/h39,41,44-45,48H,3-38,40,42-43H2,1-2H3,(H,47,49)(H2,50,51,52)/b41-39+/t44-,45+/m0/s1. The van der Waals surface area contributed by atoms with Crippen LogP contribution in [0.2, 0.25) is 0 Å². The van der Waals surface area contributed by atoms with Crippen molar-refractivity contribution in [1.29, 1.82) is 0 Å². The van der Waals surface area contributed by atoms with E-state index in [9.17, 15) is 14.5 Å². The molecule has 8 heteroatoms. The Labute approximate surface area is 335 Å². The molecule has 322 valence electrons. The van der Waals surface area contributed by atoms with Gasteiger partial charge in [0.25, 0.3) is 0 Å². The summed E-state index contributed by atoms with van der Waals surface area (Å²) in [6, 6.07) is -0.904. The lowest BCUT2D eigenvalue weighted by Crippen LogP contribution is -2.45. The number of allylic oxidation sites excluding steroid dienone is 1. The Bertz CT molecular complexity index is 849. The molecule has 2 atom stereocenters. The molecule has 0 aromatic carbocycles. The van der Waals surface area contributed by atoms with Gasteiger partial charge in [-0.05, 0) is 19.3 Å². The zero-order valence-corrected chi connectivity index (χ0v) is 36.8. The highest BCUT2D eigenvalue weighted by molar-refractivity contribution is 7.46. The Morgan fingerprint density at radius 2 is 0.815 bits per heavy atom. The number of nitrogens with one attached hydrogen (secondary N) is 1. The molecule has 4 N–H and O–H groups in total. The minimum absolute atomic E-state index is 0.223. The molecule has 0 aliphatic carbocycles. The highest BCUT2D eigenvalue weighted by Gasteiger charge is 2.24. The van der Waals surface area contributed by atoms with Crippen molar-refractivity contribution >= 4 is 13.7 Å². The number of hydrogen-bond donors (Lipinski definition) is 4. The number of rotatable bonds is 44. The van der Waals surface area contributed by atoms with Crippen molar-refractivity contribution in [3.05, 3.63) is 12.2 Å². The SMILES string of the molecule is CCCCCCCCC/C=C/[C@@H](O)[C@H](COP(=O)(O)O)NC(=O)CCCCCCCCCCCCCCCCCCCCCCCCCCCCCCC. The van der Waals surface area contributed by atoms with Crippen molar-refractivity contribution in [2.45, 2.75) is 270 Å². The van der Waals surface area contributed by atoms with Crippen molar-refractivity contribution in [3.63, 3.8) is 0 Å². The van der Waals surface area contributed by atoms with Crippen LogP contribution in [0.5, 0.6) is 0 Å². The third-order valence-corrected chi connectivity index (χ3v) is 11.5. The van der Waals surface area contributed by atoms with Crippen molar-refractivity contribution < 1.29 is 28.8 Å². The highest BCUT2D eigenvalue weighted by Crippen LogP contribution is 2.36. The molecule has 0 spiro atoms. The first-order valence-corrected chi connectivity index (χ1v) is 25.2. The molecule has 0 aliphatic rings. The molecule has 0 unspecified atom stereocenters. The number of aliphatic hydroxyl groups excluding tert-OH is 1. The summed E-state index contributed by atoms with van der Waals surface area (Å²) in [4.78, 5) is 30.8. The number of phosphoric ester groups is 1. The third kappa shape index (κ3) is 42.4. The average molecular weight is 786 g/mol. The van der Waals surface area contributed by atoms with E-state index >= 15 is 0 Å². The number of aliphatic hydroxyl groups is 1. The number of hydrogen-bond acceptors (Lipinski definition) is 4. The zero-order chi connectivity index (χ0) is 39.6. The van der Waals surface area contributed by atoms with E-state index in [4.69, 9.17) is 9.79 Å². The van der Waals surface area contributed by atoms with Crippen LogP contribution in [0.25, 0.3) is 0 Å². The number of unbranched alkanes of at least 4 members (excludes halogenated alkanes) is 35. The Morgan fingerprint density at radius 3 is 1.13 bits per heavy atom. The molecular formula is C46H92NO6P. The van der Waals surface area contributed by atoms with Crippen molar-refractivity contribution in [1.82, 2.24) is 5.32 Å². The zero-order valence-electron chi connectivity index (χ0n) is 35.9. The summed E-state index contributed by atoms with van der Waals surface area (Å²) in [5, 5.41) is 13.3. The van der Waals surface area contributed by atoms with Gasteiger partial charge in [-0.3, -0.25) is 9.32 Å². The Morgan fingerprint density at radius 1 is 0.519 bits per heavy atom. The molecule has 0 saturated carbocycles. The van der Waals surface area contributed by atoms with Crippen molar-refractivity contribution in [3.8, 4) is 0 Å². The fourth-order valence-electron chi connectivity index (χ4n) is 7.40. The largest absolute Gasteiger partial charge is 0.469 e. The van der Waals surface area contributed by atoms with Gasteiger partial charge in [0.15, 0.2) is 0 Å². The van der Waals surface area contributed by atoms with E-state index in [1.54, 1.807) is 6.08 Å². The molecule has 1 amide bonds. The van der Waals surface area contributed by atoms with E-state index in [0.29, 0.717) is 6.42 Å². The van der Waals surface area contributed by atoms with Crippen LogP contribution >= 0.6 is 7.82 Å². The molecular weight excluding hydrogens is 693 g/mol. The van der Waals surface area contributed by atoms with Gasteiger partial charge in [0.2, 0.25) is 5.91 Å². The maximum absolute atomic E-state index is 12.6. The number of phosphoric acid groups is 1. The van der Waals surface area contributed by atoms with Crippen LogP contribution in [0, 0.1) is 0 Å². The monoisotopic (exact) mass is 786 g/mol. The Balaban J connectivity index is 3.64. The minimum Gasteiger partial charge on any atom is -0.387 e. The molecule has 7 nitrogen and oxygen atoms in total. The molecule has 54 heavy (non-hydrogen) atoms. The lowest BCUT2D eigenvalue weighted by Gasteiger charge is -2.22. The van der Waals surface area contributed by atoms with Crippen LogP contribution in [0.4, 0.5) is 0 Å². The smallest absolute Gasteiger partial charge is 0.387 e. The highest BCUT2D eigenvalue weighted by atomic mass is 31.2. The summed E-state index contributed by atoms with van der Waals surface area (Å²) in [7, 11) is -4.71. The predicted molar refractivity (Wildman–Crippen MR) is 232 cm³/mol. The maximum atomic E-state index is 12.6. The summed E-state index contributed by atoms with van der Waals surface area (Å²) >= 11 is 0. The molecule has 0 heterocycles. The van der Waals surface area contributed by atoms with Gasteiger partial charge in [0.05, 0.1) is 18.8 Å². The molecule has 0 rings (SSSR count). The second-order valence-corrected chi connectivity index (χ2v) is 17.7. The normalized spacial score (nSPS) is 13.2. The van der Waals surface area contributed by atoms with Gasteiger partial charge < -0.3 is 20.2 Å². The number of carbonyl (C=O) groups excluding carboxylic acids is 1. The summed E-state index contributed by atoms with van der Waals surface area (Å²) in [6.45, 7) is 4.06. The van der Waals surface area contributed by atoms with Gasteiger partial charge >= 0.3 is 7.82 Å².